The molecule has 2 aromatic carbocycles. The topological polar surface area (TPSA) is 12.4 Å². The van der Waals surface area contributed by atoms with Gasteiger partial charge in [0.25, 0.3) is 0 Å². The molecule has 0 aromatic heterocycles. The van der Waals surface area contributed by atoms with E-state index in [1.54, 1.807) is 6.08 Å². The van der Waals surface area contributed by atoms with Crippen molar-refractivity contribution in [3.05, 3.63) is 121 Å². The Hall–Kier alpha value is -3.19. The maximum Gasteiger partial charge on any atom is 0.0941 e. The first-order valence-corrected chi connectivity index (χ1v) is 9.12. The van der Waals surface area contributed by atoms with Crippen LogP contribution in [-0.2, 0) is 0 Å². The molecular formula is C26H27N. The van der Waals surface area contributed by atoms with Gasteiger partial charge in [0.15, 0.2) is 0 Å². The van der Waals surface area contributed by atoms with E-state index in [2.05, 4.69) is 74.7 Å². The molecule has 0 spiro atoms. The smallest absolute Gasteiger partial charge is 0.0941 e. The standard InChI is InChI=1S/C21H19N.C5H8/c1-16-8-11-19(12-9-16)17(2)21-15-14-20(22-21)13-10-18-6-4-3-5-7-18;1-3-5-4-2/h3-15,21H,2H2,1H3;3-5H,1H2,2H3/b13-10+;5-4-. The van der Waals surface area contributed by atoms with Crippen LogP contribution in [-0.4, -0.2) is 11.8 Å². The highest BCUT2D eigenvalue weighted by Crippen LogP contribution is 2.23. The highest BCUT2D eigenvalue weighted by molar-refractivity contribution is 6.08. The van der Waals surface area contributed by atoms with Crippen molar-refractivity contribution in [1.82, 2.24) is 0 Å². The van der Waals surface area contributed by atoms with Gasteiger partial charge in [-0.05, 0) is 42.7 Å². The van der Waals surface area contributed by atoms with Gasteiger partial charge in [-0.15, -0.1) is 0 Å². The zero-order valence-corrected chi connectivity index (χ0v) is 16.2. The van der Waals surface area contributed by atoms with E-state index in [1.165, 1.54) is 11.1 Å². The van der Waals surface area contributed by atoms with Crippen molar-refractivity contribution in [2.75, 3.05) is 0 Å². The van der Waals surface area contributed by atoms with Crippen molar-refractivity contribution in [3.63, 3.8) is 0 Å². The minimum absolute atomic E-state index is 0.0399. The van der Waals surface area contributed by atoms with Crippen LogP contribution in [0, 0.1) is 6.92 Å². The summed E-state index contributed by atoms with van der Waals surface area (Å²) in [5.74, 6) is 0. The van der Waals surface area contributed by atoms with Crippen LogP contribution in [0.15, 0.2) is 109 Å². The Balaban J connectivity index is 0.000000465. The number of aliphatic imine (C=N–C) groups is 1. The molecule has 0 bridgehead atoms. The predicted molar refractivity (Wildman–Crippen MR) is 121 cm³/mol. The summed E-state index contributed by atoms with van der Waals surface area (Å²) in [6, 6.07) is 18.7. The third kappa shape index (κ3) is 6.56. The Bertz CT molecular complexity index is 862. The van der Waals surface area contributed by atoms with Crippen molar-refractivity contribution in [3.8, 4) is 0 Å². The molecule has 1 nitrogen and oxygen atoms in total. The summed E-state index contributed by atoms with van der Waals surface area (Å²) in [4.78, 5) is 4.72. The second-order valence-electron chi connectivity index (χ2n) is 6.25. The monoisotopic (exact) mass is 353 g/mol. The zero-order valence-electron chi connectivity index (χ0n) is 16.2. The number of hydrogen-bond donors (Lipinski definition) is 0. The van der Waals surface area contributed by atoms with E-state index in [4.69, 9.17) is 4.99 Å². The van der Waals surface area contributed by atoms with Crippen LogP contribution in [0.3, 0.4) is 0 Å². The molecule has 0 saturated heterocycles. The van der Waals surface area contributed by atoms with E-state index < -0.39 is 0 Å². The van der Waals surface area contributed by atoms with Gasteiger partial charge in [0.1, 0.15) is 0 Å². The first kappa shape index (κ1) is 20.1. The van der Waals surface area contributed by atoms with E-state index in [1.807, 2.05) is 43.4 Å². The molecule has 2 aromatic rings. The molecule has 27 heavy (non-hydrogen) atoms. The number of rotatable bonds is 5. The molecule has 1 heteroatoms. The summed E-state index contributed by atoms with van der Waals surface area (Å²) in [6.07, 6.45) is 13.9. The molecule has 136 valence electrons. The third-order valence-corrected chi connectivity index (χ3v) is 4.09. The van der Waals surface area contributed by atoms with Gasteiger partial charge in [-0.3, -0.25) is 4.99 Å². The molecule has 0 saturated carbocycles. The number of benzene rings is 2. The maximum absolute atomic E-state index is 4.72. The molecule has 1 atom stereocenters. The Labute approximate surface area is 163 Å². The van der Waals surface area contributed by atoms with Crippen molar-refractivity contribution in [1.29, 1.82) is 0 Å². The summed E-state index contributed by atoms with van der Waals surface area (Å²) in [6.45, 7) is 11.7. The van der Waals surface area contributed by atoms with Gasteiger partial charge in [0.05, 0.1) is 11.8 Å². The van der Waals surface area contributed by atoms with Crippen LogP contribution in [0.5, 0.6) is 0 Å². The Morgan fingerprint density at radius 2 is 1.70 bits per heavy atom. The van der Waals surface area contributed by atoms with Crippen LogP contribution in [0.1, 0.15) is 23.6 Å². The fourth-order valence-electron chi connectivity index (χ4n) is 2.55. The molecule has 1 aliphatic rings. The molecule has 1 heterocycles. The largest absolute Gasteiger partial charge is 0.273 e. The highest BCUT2D eigenvalue weighted by atomic mass is 14.8. The van der Waals surface area contributed by atoms with Crippen molar-refractivity contribution >= 4 is 17.4 Å². The molecule has 0 amide bonds. The van der Waals surface area contributed by atoms with Gasteiger partial charge in [-0.25, -0.2) is 0 Å². The lowest BCUT2D eigenvalue weighted by atomic mass is 10.00. The summed E-state index contributed by atoms with van der Waals surface area (Å²) in [5.41, 5.74) is 5.62. The van der Waals surface area contributed by atoms with Gasteiger partial charge in [0.2, 0.25) is 0 Å². The van der Waals surface area contributed by atoms with Gasteiger partial charge in [-0.1, -0.05) is 104 Å². The molecule has 1 unspecified atom stereocenters. The third-order valence-electron chi connectivity index (χ3n) is 4.09. The van der Waals surface area contributed by atoms with Gasteiger partial charge >= 0.3 is 0 Å². The molecule has 1 aliphatic heterocycles. The molecular weight excluding hydrogens is 326 g/mol. The van der Waals surface area contributed by atoms with E-state index in [0.29, 0.717) is 0 Å². The number of nitrogens with zero attached hydrogens (tertiary/aromatic N) is 1. The quantitative estimate of drug-likeness (QED) is 0.521. The summed E-state index contributed by atoms with van der Waals surface area (Å²) >= 11 is 0. The zero-order chi connectivity index (χ0) is 19.5. The molecule has 0 N–H and O–H groups in total. The SMILES string of the molecule is C=C(c1ccc(C)cc1)C1C=CC(/C=C/c2ccccc2)=N1.C=C/C=C\C. The van der Waals surface area contributed by atoms with Gasteiger partial charge < -0.3 is 0 Å². The summed E-state index contributed by atoms with van der Waals surface area (Å²) in [5, 5.41) is 0. The Morgan fingerprint density at radius 1 is 1.00 bits per heavy atom. The first-order chi connectivity index (χ1) is 13.1. The second-order valence-corrected chi connectivity index (χ2v) is 6.25. The number of aryl methyl sites for hydroxylation is 1. The van der Waals surface area contributed by atoms with E-state index >= 15 is 0 Å². The Kier molecular flexibility index (Phi) is 7.99. The molecule has 0 aliphatic carbocycles. The predicted octanol–water partition coefficient (Wildman–Crippen LogP) is 6.85. The van der Waals surface area contributed by atoms with Gasteiger partial charge in [-0.2, -0.15) is 0 Å². The summed E-state index contributed by atoms with van der Waals surface area (Å²) < 4.78 is 0. The molecule has 0 radical (unpaired) electrons. The summed E-state index contributed by atoms with van der Waals surface area (Å²) in [7, 11) is 0. The minimum atomic E-state index is 0.0399. The van der Waals surface area contributed by atoms with E-state index in [-0.39, 0.29) is 6.04 Å². The highest BCUT2D eigenvalue weighted by Gasteiger charge is 2.14. The average molecular weight is 354 g/mol. The number of allylic oxidation sites excluding steroid dienone is 5. The lowest BCUT2D eigenvalue weighted by Crippen LogP contribution is -2.00. The average Bonchev–Trinajstić information content (AvgIpc) is 3.17. The lowest BCUT2D eigenvalue weighted by Gasteiger charge is -2.09. The minimum Gasteiger partial charge on any atom is -0.273 e. The molecule has 3 rings (SSSR count). The van der Waals surface area contributed by atoms with Crippen LogP contribution < -0.4 is 0 Å². The lowest BCUT2D eigenvalue weighted by molar-refractivity contribution is 1.08. The number of hydrogen-bond acceptors (Lipinski definition) is 1. The normalized spacial score (nSPS) is 15.5. The fourth-order valence-corrected chi connectivity index (χ4v) is 2.55. The van der Waals surface area contributed by atoms with Gasteiger partial charge in [0, 0.05) is 0 Å². The van der Waals surface area contributed by atoms with Crippen LogP contribution in [0.4, 0.5) is 0 Å². The van der Waals surface area contributed by atoms with Crippen molar-refractivity contribution in [2.45, 2.75) is 19.9 Å². The van der Waals surface area contributed by atoms with Crippen LogP contribution in [0.2, 0.25) is 0 Å². The van der Waals surface area contributed by atoms with Crippen molar-refractivity contribution in [2.24, 2.45) is 4.99 Å². The van der Waals surface area contributed by atoms with Crippen molar-refractivity contribution < 1.29 is 0 Å². The van der Waals surface area contributed by atoms with Crippen LogP contribution in [0.25, 0.3) is 11.6 Å². The first-order valence-electron chi connectivity index (χ1n) is 9.12. The fraction of sp³-hybridized carbons (Fsp3) is 0.115. The Morgan fingerprint density at radius 3 is 2.30 bits per heavy atom. The maximum atomic E-state index is 4.72. The van der Waals surface area contributed by atoms with E-state index in [0.717, 1.165) is 16.8 Å². The van der Waals surface area contributed by atoms with Crippen LogP contribution >= 0.6 is 0 Å². The molecule has 0 fully saturated rings. The van der Waals surface area contributed by atoms with E-state index in [9.17, 15) is 0 Å². The second kappa shape index (κ2) is 10.7.